The molecule has 1 aromatic carbocycles. The van der Waals surface area contributed by atoms with Crippen LogP contribution in [0.3, 0.4) is 0 Å². The normalized spacial score (nSPS) is 12.9. The molecule has 5 heteroatoms. The highest BCUT2D eigenvalue weighted by molar-refractivity contribution is 5.81. The quantitative estimate of drug-likeness (QED) is 0.787. The predicted octanol–water partition coefficient (Wildman–Crippen LogP) is 3.81. The summed E-state index contributed by atoms with van der Waals surface area (Å²) in [4.78, 5) is 16.5. The van der Waals surface area contributed by atoms with Gasteiger partial charge in [-0.15, -0.1) is 0 Å². The molecule has 0 radical (unpaired) electrons. The summed E-state index contributed by atoms with van der Waals surface area (Å²) in [6.07, 6.45) is 0.566. The zero-order valence-electron chi connectivity index (χ0n) is 12.9. The zero-order valence-corrected chi connectivity index (χ0v) is 12.9. The number of ether oxygens (including phenoxy) is 1. The number of halogens is 1. The molecule has 0 bridgehead atoms. The fourth-order valence-corrected chi connectivity index (χ4v) is 2.59. The molecule has 2 aromatic rings. The summed E-state index contributed by atoms with van der Waals surface area (Å²) in [5.74, 6) is -0.574. The number of carbonyl (C=O) groups excluding carboxylic acids is 1. The molecule has 0 spiro atoms. The van der Waals surface area contributed by atoms with E-state index in [1.807, 2.05) is 31.4 Å². The van der Waals surface area contributed by atoms with Crippen molar-refractivity contribution >= 4 is 17.0 Å². The van der Waals surface area contributed by atoms with Gasteiger partial charge in [-0.3, -0.25) is 4.79 Å². The van der Waals surface area contributed by atoms with Crippen LogP contribution in [0.5, 0.6) is 0 Å². The van der Waals surface area contributed by atoms with Crippen LogP contribution >= 0.6 is 0 Å². The Labute approximate surface area is 123 Å². The number of nitrogens with zero attached hydrogens (tertiary/aromatic N) is 2. The van der Waals surface area contributed by atoms with Gasteiger partial charge in [0.1, 0.15) is 17.3 Å². The second-order valence-corrected chi connectivity index (χ2v) is 5.25. The number of para-hydroxylation sites is 1. The van der Waals surface area contributed by atoms with E-state index in [2.05, 4.69) is 4.98 Å². The van der Waals surface area contributed by atoms with Crippen molar-refractivity contribution < 1.29 is 13.9 Å². The Kier molecular flexibility index (Phi) is 4.60. The number of hydrogen-bond acceptors (Lipinski definition) is 3. The Morgan fingerprint density at radius 3 is 2.67 bits per heavy atom. The Morgan fingerprint density at radius 2 is 2.10 bits per heavy atom. The number of carbonyl (C=O) groups is 1. The van der Waals surface area contributed by atoms with E-state index in [4.69, 9.17) is 4.74 Å². The number of aromatic nitrogens is 2. The molecule has 1 unspecified atom stereocenters. The molecule has 4 nitrogen and oxygen atoms in total. The zero-order chi connectivity index (χ0) is 15.6. The van der Waals surface area contributed by atoms with Crippen LogP contribution in [0.15, 0.2) is 18.2 Å². The van der Waals surface area contributed by atoms with Crippen LogP contribution in [-0.2, 0) is 9.53 Å². The van der Waals surface area contributed by atoms with E-state index in [-0.39, 0.29) is 17.8 Å². The largest absolute Gasteiger partial charge is 0.465 e. The fraction of sp³-hybridized carbons (Fsp3) is 0.500. The number of rotatable bonds is 5. The Hall–Kier alpha value is -1.91. The van der Waals surface area contributed by atoms with Crippen molar-refractivity contribution in [1.82, 2.24) is 9.55 Å². The lowest BCUT2D eigenvalue weighted by atomic mass is 10.1. The minimum absolute atomic E-state index is 0.0790. The molecule has 0 fully saturated rings. The molecule has 0 aliphatic rings. The third-order valence-corrected chi connectivity index (χ3v) is 3.51. The summed E-state index contributed by atoms with van der Waals surface area (Å²) in [6, 6.07) is 4.95. The van der Waals surface area contributed by atoms with E-state index in [0.29, 0.717) is 29.9 Å². The summed E-state index contributed by atoms with van der Waals surface area (Å²) in [5, 5.41) is 0. The van der Waals surface area contributed by atoms with Gasteiger partial charge in [0.05, 0.1) is 12.1 Å². The van der Waals surface area contributed by atoms with Gasteiger partial charge in [-0.1, -0.05) is 13.0 Å². The van der Waals surface area contributed by atoms with Gasteiger partial charge in [0.15, 0.2) is 5.82 Å². The van der Waals surface area contributed by atoms with Crippen LogP contribution in [-0.4, -0.2) is 22.1 Å². The summed E-state index contributed by atoms with van der Waals surface area (Å²) in [7, 11) is 0. The van der Waals surface area contributed by atoms with Crippen molar-refractivity contribution in [3.05, 3.63) is 29.8 Å². The van der Waals surface area contributed by atoms with E-state index in [0.717, 1.165) is 0 Å². The number of imidazole rings is 1. The van der Waals surface area contributed by atoms with Gasteiger partial charge in [0, 0.05) is 6.04 Å². The molecule has 0 N–H and O–H groups in total. The highest BCUT2D eigenvalue weighted by Gasteiger charge is 2.28. The Bertz CT molecular complexity index is 649. The molecule has 21 heavy (non-hydrogen) atoms. The van der Waals surface area contributed by atoms with E-state index >= 15 is 0 Å². The minimum Gasteiger partial charge on any atom is -0.465 e. The standard InChI is InChI=1S/C16H21FN2O2/c1-5-11(16(20)21-6-2)15-18-14-12(17)8-7-9-13(14)19(15)10(3)4/h7-11H,5-6H2,1-4H3. The smallest absolute Gasteiger partial charge is 0.316 e. The average Bonchev–Trinajstić information content (AvgIpc) is 2.80. The van der Waals surface area contributed by atoms with Crippen LogP contribution in [0, 0.1) is 5.82 Å². The molecule has 0 aliphatic heterocycles. The lowest BCUT2D eigenvalue weighted by molar-refractivity contribution is -0.145. The molecule has 1 atom stereocenters. The number of hydrogen-bond donors (Lipinski definition) is 0. The number of esters is 1. The van der Waals surface area contributed by atoms with E-state index in [1.54, 1.807) is 13.0 Å². The predicted molar refractivity (Wildman–Crippen MR) is 79.7 cm³/mol. The molecule has 0 saturated carbocycles. The van der Waals surface area contributed by atoms with Crippen molar-refractivity contribution in [2.45, 2.75) is 46.1 Å². The van der Waals surface area contributed by atoms with Gasteiger partial charge in [-0.05, 0) is 39.3 Å². The van der Waals surface area contributed by atoms with Gasteiger partial charge in [0.2, 0.25) is 0 Å². The second kappa shape index (κ2) is 6.24. The molecule has 0 amide bonds. The van der Waals surface area contributed by atoms with E-state index < -0.39 is 5.92 Å². The molecular weight excluding hydrogens is 271 g/mol. The van der Waals surface area contributed by atoms with Crippen LogP contribution in [0.4, 0.5) is 4.39 Å². The van der Waals surface area contributed by atoms with Crippen molar-refractivity contribution in [2.75, 3.05) is 6.61 Å². The molecule has 1 aromatic heterocycles. The highest BCUT2D eigenvalue weighted by Crippen LogP contribution is 2.29. The van der Waals surface area contributed by atoms with E-state index in [1.165, 1.54) is 6.07 Å². The second-order valence-electron chi connectivity index (χ2n) is 5.25. The first-order valence-corrected chi connectivity index (χ1v) is 7.34. The summed E-state index contributed by atoms with van der Waals surface area (Å²) in [6.45, 7) is 7.99. The first kappa shape index (κ1) is 15.5. The third-order valence-electron chi connectivity index (χ3n) is 3.51. The van der Waals surface area contributed by atoms with Gasteiger partial charge >= 0.3 is 5.97 Å². The maximum Gasteiger partial charge on any atom is 0.316 e. The van der Waals surface area contributed by atoms with E-state index in [9.17, 15) is 9.18 Å². The maximum absolute atomic E-state index is 14.0. The lowest BCUT2D eigenvalue weighted by Gasteiger charge is -2.18. The van der Waals surface area contributed by atoms with Gasteiger partial charge in [-0.2, -0.15) is 0 Å². The first-order chi connectivity index (χ1) is 10.0. The fourth-order valence-electron chi connectivity index (χ4n) is 2.59. The van der Waals surface area contributed by atoms with Gasteiger partial charge < -0.3 is 9.30 Å². The summed E-state index contributed by atoms with van der Waals surface area (Å²) < 4.78 is 21.0. The molecule has 114 valence electrons. The maximum atomic E-state index is 14.0. The monoisotopic (exact) mass is 292 g/mol. The Balaban J connectivity index is 2.64. The minimum atomic E-state index is -0.473. The third kappa shape index (κ3) is 2.77. The number of benzene rings is 1. The van der Waals surface area contributed by atoms with Crippen molar-refractivity contribution in [3.8, 4) is 0 Å². The van der Waals surface area contributed by atoms with Crippen LogP contribution in [0.2, 0.25) is 0 Å². The summed E-state index contributed by atoms with van der Waals surface area (Å²) in [5.41, 5.74) is 1.02. The van der Waals surface area contributed by atoms with Crippen LogP contribution < -0.4 is 0 Å². The highest BCUT2D eigenvalue weighted by atomic mass is 19.1. The average molecular weight is 292 g/mol. The van der Waals surface area contributed by atoms with Crippen molar-refractivity contribution in [2.24, 2.45) is 0 Å². The first-order valence-electron chi connectivity index (χ1n) is 7.34. The van der Waals surface area contributed by atoms with Crippen molar-refractivity contribution in [1.29, 1.82) is 0 Å². The van der Waals surface area contributed by atoms with Crippen LogP contribution in [0.1, 0.15) is 51.9 Å². The van der Waals surface area contributed by atoms with Gasteiger partial charge in [0.25, 0.3) is 0 Å². The Morgan fingerprint density at radius 1 is 1.38 bits per heavy atom. The summed E-state index contributed by atoms with van der Waals surface area (Å²) >= 11 is 0. The SMILES string of the molecule is CCOC(=O)C(CC)c1nc2c(F)cccc2n1C(C)C. The lowest BCUT2D eigenvalue weighted by Crippen LogP contribution is -2.20. The molecule has 1 heterocycles. The number of fused-ring (bicyclic) bond motifs is 1. The molecular formula is C16H21FN2O2. The topological polar surface area (TPSA) is 44.1 Å². The molecule has 0 aliphatic carbocycles. The van der Waals surface area contributed by atoms with Gasteiger partial charge in [-0.25, -0.2) is 9.37 Å². The molecule has 2 rings (SSSR count). The van der Waals surface area contributed by atoms with Crippen LogP contribution in [0.25, 0.3) is 11.0 Å². The van der Waals surface area contributed by atoms with Crippen molar-refractivity contribution in [3.63, 3.8) is 0 Å². The molecule has 0 saturated heterocycles.